The number of halogens is 3. The molecule has 0 bridgehead atoms. The molecule has 2 aromatic carbocycles. The molecule has 4 heteroatoms. The van der Waals surface area contributed by atoms with E-state index in [1.54, 1.807) is 13.0 Å². The topological polar surface area (TPSA) is 12.0 Å². The van der Waals surface area contributed by atoms with E-state index < -0.39 is 0 Å². The lowest BCUT2D eigenvalue weighted by molar-refractivity contribution is 0.589. The molecule has 0 amide bonds. The third-order valence-corrected chi connectivity index (χ3v) is 3.85. The second-order valence-corrected chi connectivity index (χ2v) is 6.26. The summed E-state index contributed by atoms with van der Waals surface area (Å²) in [7, 11) is 0. The summed E-state index contributed by atoms with van der Waals surface area (Å²) in [6.07, 6.45) is 0. The van der Waals surface area contributed by atoms with Gasteiger partial charge >= 0.3 is 0 Å². The first kappa shape index (κ1) is 16.3. The number of rotatable bonds is 4. The fourth-order valence-electron chi connectivity index (χ4n) is 2.15. The Hall–Kier alpha value is -1.09. The number of hydrogen-bond donors (Lipinski definition) is 1. The molecule has 0 unspecified atom stereocenters. The third-order valence-electron chi connectivity index (χ3n) is 3.31. The summed E-state index contributed by atoms with van der Waals surface area (Å²) in [5.41, 5.74) is 3.42. The van der Waals surface area contributed by atoms with Gasteiger partial charge in [-0.15, -0.1) is 0 Å². The average molecular weight is 326 g/mol. The summed E-state index contributed by atoms with van der Waals surface area (Å²) in [5.74, 6) is -0.292. The van der Waals surface area contributed by atoms with Crippen molar-refractivity contribution in [3.05, 3.63) is 57.3 Å². The van der Waals surface area contributed by atoms with E-state index in [0.29, 0.717) is 28.2 Å². The molecule has 0 radical (unpaired) electrons. The fourth-order valence-corrected chi connectivity index (χ4v) is 2.60. The SMILES string of the molecule is Cc1cc(-c2ccc(Cl)cc2CNC(C)C)c(Cl)cc1F. The molecule has 0 spiro atoms. The Balaban J connectivity index is 2.50. The van der Waals surface area contributed by atoms with Gasteiger partial charge in [-0.3, -0.25) is 0 Å². The molecule has 0 atom stereocenters. The molecule has 0 aromatic heterocycles. The number of benzene rings is 2. The smallest absolute Gasteiger partial charge is 0.127 e. The Morgan fingerprint density at radius 3 is 2.48 bits per heavy atom. The summed E-state index contributed by atoms with van der Waals surface area (Å²) in [5, 5.41) is 4.45. The molecule has 0 fully saturated rings. The van der Waals surface area contributed by atoms with Crippen molar-refractivity contribution < 1.29 is 4.39 Å². The molecule has 21 heavy (non-hydrogen) atoms. The molecule has 0 saturated heterocycles. The molecule has 0 saturated carbocycles. The number of aryl methyl sites for hydroxylation is 1. The van der Waals surface area contributed by atoms with Crippen LogP contribution in [0.5, 0.6) is 0 Å². The highest BCUT2D eigenvalue weighted by molar-refractivity contribution is 6.33. The minimum absolute atomic E-state index is 0.292. The van der Waals surface area contributed by atoms with Gasteiger partial charge in [-0.1, -0.05) is 43.1 Å². The first-order valence-corrected chi connectivity index (χ1v) is 7.62. The zero-order valence-corrected chi connectivity index (χ0v) is 13.8. The van der Waals surface area contributed by atoms with Gasteiger partial charge in [0.15, 0.2) is 0 Å². The van der Waals surface area contributed by atoms with Crippen LogP contribution in [0.15, 0.2) is 30.3 Å². The van der Waals surface area contributed by atoms with E-state index in [1.165, 1.54) is 6.07 Å². The Bertz CT molecular complexity index is 653. The van der Waals surface area contributed by atoms with E-state index in [-0.39, 0.29) is 5.82 Å². The number of hydrogen-bond acceptors (Lipinski definition) is 1. The first-order valence-electron chi connectivity index (χ1n) is 6.86. The van der Waals surface area contributed by atoms with E-state index in [4.69, 9.17) is 23.2 Å². The van der Waals surface area contributed by atoms with Gasteiger partial charge in [0.05, 0.1) is 5.02 Å². The van der Waals surface area contributed by atoms with Crippen LogP contribution < -0.4 is 5.32 Å². The van der Waals surface area contributed by atoms with Gasteiger partial charge in [0.25, 0.3) is 0 Å². The van der Waals surface area contributed by atoms with Crippen LogP contribution in [-0.2, 0) is 6.54 Å². The molecular weight excluding hydrogens is 308 g/mol. The van der Waals surface area contributed by atoms with Crippen molar-refractivity contribution in [2.45, 2.75) is 33.4 Å². The monoisotopic (exact) mass is 325 g/mol. The Labute approximate surface area is 135 Å². The van der Waals surface area contributed by atoms with Crippen LogP contribution in [-0.4, -0.2) is 6.04 Å². The van der Waals surface area contributed by atoms with Crippen LogP contribution in [0.1, 0.15) is 25.0 Å². The van der Waals surface area contributed by atoms with E-state index >= 15 is 0 Å². The molecule has 0 aliphatic heterocycles. The lowest BCUT2D eigenvalue weighted by Gasteiger charge is -2.15. The van der Waals surface area contributed by atoms with Gasteiger partial charge in [0, 0.05) is 23.2 Å². The van der Waals surface area contributed by atoms with Crippen molar-refractivity contribution in [3.8, 4) is 11.1 Å². The van der Waals surface area contributed by atoms with E-state index in [2.05, 4.69) is 19.2 Å². The summed E-state index contributed by atoms with van der Waals surface area (Å²) < 4.78 is 13.6. The maximum Gasteiger partial charge on any atom is 0.127 e. The largest absolute Gasteiger partial charge is 0.310 e. The molecular formula is C17H18Cl2FN. The molecule has 0 heterocycles. The summed E-state index contributed by atoms with van der Waals surface area (Å²) in [6, 6.07) is 9.17. The maximum absolute atomic E-state index is 13.6. The van der Waals surface area contributed by atoms with Crippen molar-refractivity contribution >= 4 is 23.2 Å². The van der Waals surface area contributed by atoms with E-state index in [1.807, 2.05) is 18.2 Å². The summed E-state index contributed by atoms with van der Waals surface area (Å²) in [6.45, 7) is 6.58. The van der Waals surface area contributed by atoms with Gasteiger partial charge in [-0.05, 0) is 47.9 Å². The fraction of sp³-hybridized carbons (Fsp3) is 0.294. The normalized spacial score (nSPS) is 11.2. The first-order chi connectivity index (χ1) is 9.88. The van der Waals surface area contributed by atoms with Crippen molar-refractivity contribution in [2.75, 3.05) is 0 Å². The van der Waals surface area contributed by atoms with Gasteiger partial charge in [0.1, 0.15) is 5.82 Å². The minimum Gasteiger partial charge on any atom is -0.310 e. The average Bonchev–Trinajstić information content (AvgIpc) is 2.41. The van der Waals surface area contributed by atoms with E-state index in [9.17, 15) is 4.39 Å². The predicted molar refractivity (Wildman–Crippen MR) is 88.6 cm³/mol. The van der Waals surface area contributed by atoms with E-state index in [0.717, 1.165) is 16.7 Å². The van der Waals surface area contributed by atoms with Crippen molar-refractivity contribution in [1.82, 2.24) is 5.32 Å². The molecule has 0 aliphatic rings. The van der Waals surface area contributed by atoms with Gasteiger partial charge < -0.3 is 5.32 Å². The van der Waals surface area contributed by atoms with Crippen LogP contribution in [0.25, 0.3) is 11.1 Å². The molecule has 0 aliphatic carbocycles. The zero-order chi connectivity index (χ0) is 15.6. The summed E-state index contributed by atoms with van der Waals surface area (Å²) >= 11 is 12.3. The third kappa shape index (κ3) is 3.97. The minimum atomic E-state index is -0.292. The van der Waals surface area contributed by atoms with Gasteiger partial charge in [-0.25, -0.2) is 4.39 Å². The lowest BCUT2D eigenvalue weighted by Crippen LogP contribution is -2.22. The molecule has 1 N–H and O–H groups in total. The van der Waals surface area contributed by atoms with Crippen LogP contribution >= 0.6 is 23.2 Å². The molecule has 2 aromatic rings. The molecule has 2 rings (SSSR count). The number of nitrogens with one attached hydrogen (secondary N) is 1. The predicted octanol–water partition coefficient (Wildman–Crippen LogP) is 5.61. The molecule has 1 nitrogen and oxygen atoms in total. The van der Waals surface area contributed by atoms with Crippen LogP contribution in [0.2, 0.25) is 10.0 Å². The van der Waals surface area contributed by atoms with Crippen LogP contribution in [0.4, 0.5) is 4.39 Å². The highest BCUT2D eigenvalue weighted by Crippen LogP contribution is 2.33. The highest BCUT2D eigenvalue weighted by Gasteiger charge is 2.12. The van der Waals surface area contributed by atoms with Crippen LogP contribution in [0, 0.1) is 12.7 Å². The Kier molecular flexibility index (Phi) is 5.26. The standard InChI is InChI=1S/C17H18Cl2FN/c1-10(2)21-9-12-7-13(18)4-5-14(12)15-6-11(3)17(20)8-16(15)19/h4-8,10,21H,9H2,1-3H3. The highest BCUT2D eigenvalue weighted by atomic mass is 35.5. The Morgan fingerprint density at radius 2 is 1.81 bits per heavy atom. The van der Waals surface area contributed by atoms with Gasteiger partial charge in [-0.2, -0.15) is 0 Å². The van der Waals surface area contributed by atoms with Crippen molar-refractivity contribution in [2.24, 2.45) is 0 Å². The zero-order valence-electron chi connectivity index (χ0n) is 12.3. The van der Waals surface area contributed by atoms with Crippen LogP contribution in [0.3, 0.4) is 0 Å². The maximum atomic E-state index is 13.6. The van der Waals surface area contributed by atoms with Gasteiger partial charge in [0.2, 0.25) is 0 Å². The van der Waals surface area contributed by atoms with Crippen molar-refractivity contribution in [1.29, 1.82) is 0 Å². The molecule has 112 valence electrons. The second-order valence-electron chi connectivity index (χ2n) is 5.42. The Morgan fingerprint density at radius 1 is 1.10 bits per heavy atom. The summed E-state index contributed by atoms with van der Waals surface area (Å²) in [4.78, 5) is 0. The lowest BCUT2D eigenvalue weighted by atomic mass is 9.97. The second kappa shape index (κ2) is 6.78. The van der Waals surface area contributed by atoms with Crippen molar-refractivity contribution in [3.63, 3.8) is 0 Å². The quantitative estimate of drug-likeness (QED) is 0.770.